The second-order valence-electron chi connectivity index (χ2n) is 7.00. The molecule has 0 heteroatoms. The minimum atomic E-state index is 0.267. The highest BCUT2D eigenvalue weighted by Gasteiger charge is 2.19. The normalized spacial score (nSPS) is 16.9. The molecule has 0 saturated carbocycles. The highest BCUT2D eigenvalue weighted by molar-refractivity contribution is 5.38. The fourth-order valence-corrected chi connectivity index (χ4v) is 1.69. The van der Waals surface area contributed by atoms with Crippen LogP contribution in [0.4, 0.5) is 0 Å². The first-order chi connectivity index (χ1) is 6.89. The van der Waals surface area contributed by atoms with Crippen LogP contribution in [-0.4, -0.2) is 0 Å². The fourth-order valence-electron chi connectivity index (χ4n) is 1.69. The summed E-state index contributed by atoms with van der Waals surface area (Å²) in [7, 11) is 0. The van der Waals surface area contributed by atoms with E-state index in [4.69, 9.17) is 0 Å². The van der Waals surface area contributed by atoms with E-state index in [9.17, 15) is 0 Å². The van der Waals surface area contributed by atoms with Crippen LogP contribution in [0.1, 0.15) is 69.2 Å². The SMILES string of the molecule is CC(C(C)=C(C)C(C)(C)C)=C(C)C(C)(C)C. The molecule has 0 aromatic carbocycles. The lowest BCUT2D eigenvalue weighted by molar-refractivity contribution is 0.490. The van der Waals surface area contributed by atoms with Crippen molar-refractivity contribution in [2.24, 2.45) is 10.8 Å². The Bertz CT molecular complexity index is 277. The van der Waals surface area contributed by atoms with E-state index in [0.29, 0.717) is 0 Å². The van der Waals surface area contributed by atoms with E-state index >= 15 is 0 Å². The third kappa shape index (κ3) is 3.81. The molecule has 0 aromatic rings. The first kappa shape index (κ1) is 15.5. The topological polar surface area (TPSA) is 0 Å². The molecule has 0 nitrogen and oxygen atoms in total. The summed E-state index contributed by atoms with van der Waals surface area (Å²) < 4.78 is 0. The zero-order valence-corrected chi connectivity index (χ0v) is 13.0. The summed E-state index contributed by atoms with van der Waals surface area (Å²) in [6, 6.07) is 0. The van der Waals surface area contributed by atoms with Crippen molar-refractivity contribution in [3.05, 3.63) is 22.3 Å². The van der Waals surface area contributed by atoms with Crippen molar-refractivity contribution < 1.29 is 0 Å². The zero-order valence-electron chi connectivity index (χ0n) is 13.0. The van der Waals surface area contributed by atoms with Crippen LogP contribution in [0.15, 0.2) is 22.3 Å². The molecule has 0 fully saturated rings. The summed E-state index contributed by atoms with van der Waals surface area (Å²) in [5, 5.41) is 0. The third-order valence-electron chi connectivity index (χ3n) is 3.94. The minimum Gasteiger partial charge on any atom is -0.0648 e. The Morgan fingerprint density at radius 2 is 0.688 bits per heavy atom. The maximum atomic E-state index is 2.28. The van der Waals surface area contributed by atoms with Gasteiger partial charge in [-0.15, -0.1) is 0 Å². The van der Waals surface area contributed by atoms with E-state index in [1.807, 2.05) is 0 Å². The van der Waals surface area contributed by atoms with Crippen LogP contribution in [0, 0.1) is 10.8 Å². The smallest absolute Gasteiger partial charge is 0.0170 e. The third-order valence-corrected chi connectivity index (χ3v) is 3.94. The summed E-state index contributed by atoms with van der Waals surface area (Å²) in [6.07, 6.45) is 0. The molecule has 0 amide bonds. The standard InChI is InChI=1S/C16H30/c1-11(13(3)15(5,6)7)12(2)14(4)16(8,9)10/h1-10H3. The molecule has 94 valence electrons. The highest BCUT2D eigenvalue weighted by atomic mass is 14.2. The molecule has 0 heterocycles. The lowest BCUT2D eigenvalue weighted by Gasteiger charge is -2.27. The van der Waals surface area contributed by atoms with Crippen molar-refractivity contribution >= 4 is 0 Å². The number of hydrogen-bond donors (Lipinski definition) is 0. The van der Waals surface area contributed by atoms with Crippen LogP contribution in [0.3, 0.4) is 0 Å². The summed E-state index contributed by atoms with van der Waals surface area (Å²) >= 11 is 0. The molecular formula is C16H30. The lowest BCUT2D eigenvalue weighted by atomic mass is 9.79. The molecule has 0 radical (unpaired) electrons. The van der Waals surface area contributed by atoms with Gasteiger partial charge in [0.05, 0.1) is 0 Å². The number of allylic oxidation sites excluding steroid dienone is 4. The Morgan fingerprint density at radius 3 is 0.812 bits per heavy atom. The molecule has 0 spiro atoms. The maximum Gasteiger partial charge on any atom is -0.0170 e. The van der Waals surface area contributed by atoms with E-state index in [0.717, 1.165) is 0 Å². The molecule has 0 saturated heterocycles. The molecule has 0 rings (SSSR count). The van der Waals surface area contributed by atoms with Crippen molar-refractivity contribution in [2.75, 3.05) is 0 Å². The van der Waals surface area contributed by atoms with Gasteiger partial charge >= 0.3 is 0 Å². The molecule has 16 heavy (non-hydrogen) atoms. The van der Waals surface area contributed by atoms with Gasteiger partial charge in [-0.1, -0.05) is 52.7 Å². The molecule has 0 atom stereocenters. The monoisotopic (exact) mass is 222 g/mol. The summed E-state index contributed by atoms with van der Waals surface area (Å²) in [5.74, 6) is 0. The van der Waals surface area contributed by atoms with Gasteiger partial charge in [0.2, 0.25) is 0 Å². The van der Waals surface area contributed by atoms with Crippen LogP contribution >= 0.6 is 0 Å². The molecular weight excluding hydrogens is 192 g/mol. The first-order valence-electron chi connectivity index (χ1n) is 6.25. The molecule has 0 unspecified atom stereocenters. The summed E-state index contributed by atoms with van der Waals surface area (Å²) in [5.41, 5.74) is 6.44. The molecule has 0 N–H and O–H groups in total. The zero-order chi connectivity index (χ0) is 13.3. The fraction of sp³-hybridized carbons (Fsp3) is 0.750. The van der Waals surface area contributed by atoms with E-state index in [1.54, 1.807) is 0 Å². The van der Waals surface area contributed by atoms with E-state index < -0.39 is 0 Å². The molecule has 0 aliphatic rings. The number of rotatable bonds is 1. The van der Waals surface area contributed by atoms with Gasteiger partial charge in [-0.2, -0.15) is 0 Å². The van der Waals surface area contributed by atoms with Gasteiger partial charge in [0.25, 0.3) is 0 Å². The lowest BCUT2D eigenvalue weighted by Crippen LogP contribution is -2.12. The van der Waals surface area contributed by atoms with Gasteiger partial charge in [0, 0.05) is 0 Å². The number of hydrogen-bond acceptors (Lipinski definition) is 0. The highest BCUT2D eigenvalue weighted by Crippen LogP contribution is 2.35. The van der Waals surface area contributed by atoms with Gasteiger partial charge in [-0.25, -0.2) is 0 Å². The van der Waals surface area contributed by atoms with Gasteiger partial charge in [0.15, 0.2) is 0 Å². The average molecular weight is 222 g/mol. The predicted octanol–water partition coefficient (Wildman–Crippen LogP) is 5.75. The Balaban J connectivity index is 5.55. The van der Waals surface area contributed by atoms with Gasteiger partial charge in [-0.3, -0.25) is 0 Å². The molecule has 0 aromatic heterocycles. The predicted molar refractivity (Wildman–Crippen MR) is 75.7 cm³/mol. The van der Waals surface area contributed by atoms with Crippen molar-refractivity contribution in [1.29, 1.82) is 0 Å². The Labute approximate surface area is 103 Å². The van der Waals surface area contributed by atoms with E-state index in [-0.39, 0.29) is 10.8 Å². The van der Waals surface area contributed by atoms with Crippen LogP contribution in [0.5, 0.6) is 0 Å². The summed E-state index contributed by atoms with van der Waals surface area (Å²) in [4.78, 5) is 0. The van der Waals surface area contributed by atoms with Crippen LogP contribution in [0.25, 0.3) is 0 Å². The Kier molecular flexibility index (Phi) is 4.62. The van der Waals surface area contributed by atoms with Crippen molar-refractivity contribution in [3.8, 4) is 0 Å². The second kappa shape index (κ2) is 4.77. The van der Waals surface area contributed by atoms with Crippen LogP contribution in [-0.2, 0) is 0 Å². The molecule has 0 bridgehead atoms. The van der Waals surface area contributed by atoms with E-state index in [1.165, 1.54) is 22.3 Å². The van der Waals surface area contributed by atoms with Crippen molar-refractivity contribution in [2.45, 2.75) is 69.2 Å². The summed E-state index contributed by atoms with van der Waals surface area (Å²) in [6.45, 7) is 22.7. The first-order valence-corrected chi connectivity index (χ1v) is 6.25. The Hall–Kier alpha value is -0.520. The maximum absolute atomic E-state index is 2.28. The molecule has 0 aliphatic carbocycles. The minimum absolute atomic E-state index is 0.267. The largest absolute Gasteiger partial charge is 0.0648 e. The van der Waals surface area contributed by atoms with Crippen LogP contribution in [0.2, 0.25) is 0 Å². The van der Waals surface area contributed by atoms with Gasteiger partial charge < -0.3 is 0 Å². The second-order valence-corrected chi connectivity index (χ2v) is 7.00. The van der Waals surface area contributed by atoms with Crippen molar-refractivity contribution in [1.82, 2.24) is 0 Å². The van der Waals surface area contributed by atoms with E-state index in [2.05, 4.69) is 69.2 Å². The van der Waals surface area contributed by atoms with Crippen molar-refractivity contribution in [3.63, 3.8) is 0 Å². The Morgan fingerprint density at radius 1 is 0.500 bits per heavy atom. The van der Waals surface area contributed by atoms with Gasteiger partial charge in [0.1, 0.15) is 0 Å². The van der Waals surface area contributed by atoms with Gasteiger partial charge in [-0.05, 0) is 49.7 Å². The van der Waals surface area contributed by atoms with Crippen LogP contribution < -0.4 is 0 Å². The quantitative estimate of drug-likeness (QED) is 0.495. The average Bonchev–Trinajstić information content (AvgIpc) is 2.10. The molecule has 0 aliphatic heterocycles.